The molecule has 1 saturated heterocycles. The van der Waals surface area contributed by atoms with E-state index in [4.69, 9.17) is 4.74 Å². The van der Waals surface area contributed by atoms with Crippen molar-refractivity contribution in [3.63, 3.8) is 0 Å². The summed E-state index contributed by atoms with van der Waals surface area (Å²) in [4.78, 5) is 30.5. The summed E-state index contributed by atoms with van der Waals surface area (Å²) in [5.74, 6) is -0.936. The van der Waals surface area contributed by atoms with E-state index in [9.17, 15) is 9.59 Å². The maximum Gasteiger partial charge on any atom is 0.340 e. The third-order valence-electron chi connectivity index (χ3n) is 4.41. The second-order valence-electron chi connectivity index (χ2n) is 6.37. The predicted molar refractivity (Wildman–Crippen MR) is 100 cm³/mol. The van der Waals surface area contributed by atoms with Crippen molar-refractivity contribution in [3.8, 4) is 0 Å². The Kier molecular flexibility index (Phi) is 5.84. The lowest BCUT2D eigenvalue weighted by molar-refractivity contribution is -0.123. The molecule has 1 aromatic carbocycles. The van der Waals surface area contributed by atoms with Crippen molar-refractivity contribution in [1.82, 2.24) is 4.98 Å². The Labute approximate surface area is 153 Å². The first-order valence-electron chi connectivity index (χ1n) is 8.90. The Bertz CT molecular complexity index is 741. The lowest BCUT2D eigenvalue weighted by Crippen LogP contribution is -2.30. The SMILES string of the molecule is C[C@@H](OC(=O)c1cccnc1)C(=O)Nc1ccc(N2CCCCC2)cc1. The molecule has 1 aliphatic rings. The number of amides is 1. The van der Waals surface area contributed by atoms with Gasteiger partial charge in [0.05, 0.1) is 5.56 Å². The van der Waals surface area contributed by atoms with E-state index in [1.54, 1.807) is 25.3 Å². The van der Waals surface area contributed by atoms with Crippen LogP contribution in [0.5, 0.6) is 0 Å². The standard InChI is InChI=1S/C20H23N3O3/c1-15(26-20(25)16-6-5-11-21-14-16)19(24)22-17-7-9-18(10-8-17)23-12-3-2-4-13-23/h5-11,14-15H,2-4,12-13H2,1H3,(H,22,24)/t15-/m1/s1. The van der Waals surface area contributed by atoms with Gasteiger partial charge in [0.2, 0.25) is 0 Å². The molecule has 1 aromatic heterocycles. The number of nitrogens with one attached hydrogen (secondary N) is 1. The monoisotopic (exact) mass is 353 g/mol. The minimum atomic E-state index is -0.899. The number of rotatable bonds is 5. The van der Waals surface area contributed by atoms with E-state index in [1.165, 1.54) is 31.1 Å². The number of nitrogens with zero attached hydrogens (tertiary/aromatic N) is 2. The molecule has 6 nitrogen and oxygen atoms in total. The average Bonchev–Trinajstić information content (AvgIpc) is 2.70. The van der Waals surface area contributed by atoms with Crippen molar-refractivity contribution < 1.29 is 14.3 Å². The van der Waals surface area contributed by atoms with Gasteiger partial charge in [-0.3, -0.25) is 9.78 Å². The number of piperidine rings is 1. The third kappa shape index (κ3) is 4.59. The first-order valence-corrected chi connectivity index (χ1v) is 8.90. The molecule has 3 rings (SSSR count). The molecular weight excluding hydrogens is 330 g/mol. The average molecular weight is 353 g/mol. The molecule has 0 radical (unpaired) electrons. The number of carbonyl (C=O) groups is 2. The van der Waals surface area contributed by atoms with Gasteiger partial charge < -0.3 is 15.0 Å². The molecule has 2 aromatic rings. The molecule has 2 heterocycles. The zero-order valence-electron chi connectivity index (χ0n) is 14.9. The number of esters is 1. The number of hydrogen-bond acceptors (Lipinski definition) is 5. The van der Waals surface area contributed by atoms with Crippen LogP contribution >= 0.6 is 0 Å². The fraction of sp³-hybridized carbons (Fsp3) is 0.350. The lowest BCUT2D eigenvalue weighted by Gasteiger charge is -2.28. The van der Waals surface area contributed by atoms with Gasteiger partial charge in [0.25, 0.3) is 5.91 Å². The first-order chi connectivity index (χ1) is 12.6. The van der Waals surface area contributed by atoms with Gasteiger partial charge in [-0.2, -0.15) is 0 Å². The molecule has 6 heteroatoms. The van der Waals surface area contributed by atoms with Crippen molar-refractivity contribution >= 4 is 23.3 Å². The Morgan fingerprint density at radius 3 is 2.50 bits per heavy atom. The summed E-state index contributed by atoms with van der Waals surface area (Å²) in [5.41, 5.74) is 2.16. The Hall–Kier alpha value is -2.89. The van der Waals surface area contributed by atoms with E-state index >= 15 is 0 Å². The highest BCUT2D eigenvalue weighted by molar-refractivity contribution is 5.97. The lowest BCUT2D eigenvalue weighted by atomic mass is 10.1. The zero-order chi connectivity index (χ0) is 18.4. The second kappa shape index (κ2) is 8.47. The number of benzene rings is 1. The number of carbonyl (C=O) groups excluding carboxylic acids is 2. The highest BCUT2D eigenvalue weighted by atomic mass is 16.5. The summed E-state index contributed by atoms with van der Waals surface area (Å²) in [6.07, 6.45) is 5.81. The van der Waals surface area contributed by atoms with Crippen LogP contribution in [0.4, 0.5) is 11.4 Å². The van der Waals surface area contributed by atoms with Crippen molar-refractivity contribution in [1.29, 1.82) is 0 Å². The highest BCUT2D eigenvalue weighted by Gasteiger charge is 2.19. The Morgan fingerprint density at radius 1 is 1.12 bits per heavy atom. The van der Waals surface area contributed by atoms with E-state index < -0.39 is 12.1 Å². The van der Waals surface area contributed by atoms with Crippen molar-refractivity contribution in [2.75, 3.05) is 23.3 Å². The van der Waals surface area contributed by atoms with Gasteiger partial charge in [-0.1, -0.05) is 0 Å². The molecule has 0 spiro atoms. The van der Waals surface area contributed by atoms with Crippen LogP contribution in [0.25, 0.3) is 0 Å². The molecule has 0 saturated carbocycles. The van der Waals surface area contributed by atoms with Crippen molar-refractivity contribution in [2.24, 2.45) is 0 Å². The smallest absolute Gasteiger partial charge is 0.340 e. The van der Waals surface area contributed by atoms with Gasteiger partial charge in [-0.15, -0.1) is 0 Å². The topological polar surface area (TPSA) is 71.5 Å². The van der Waals surface area contributed by atoms with Gasteiger partial charge in [-0.05, 0) is 62.6 Å². The largest absolute Gasteiger partial charge is 0.449 e. The van der Waals surface area contributed by atoms with Crippen LogP contribution in [-0.2, 0) is 9.53 Å². The highest BCUT2D eigenvalue weighted by Crippen LogP contribution is 2.22. The van der Waals surface area contributed by atoms with E-state index in [2.05, 4.69) is 15.2 Å². The summed E-state index contributed by atoms with van der Waals surface area (Å²) in [7, 11) is 0. The zero-order valence-corrected chi connectivity index (χ0v) is 14.9. The fourth-order valence-electron chi connectivity index (χ4n) is 2.92. The number of pyridine rings is 1. The van der Waals surface area contributed by atoms with E-state index in [-0.39, 0.29) is 5.91 Å². The van der Waals surface area contributed by atoms with Crippen LogP contribution in [0, 0.1) is 0 Å². The molecule has 136 valence electrons. The summed E-state index contributed by atoms with van der Waals surface area (Å²) in [6.45, 7) is 3.70. The van der Waals surface area contributed by atoms with Gasteiger partial charge >= 0.3 is 5.97 Å². The minimum absolute atomic E-state index is 0.318. The molecule has 1 fully saturated rings. The maximum absolute atomic E-state index is 12.3. The normalized spacial score (nSPS) is 15.2. The number of anilines is 2. The molecule has 0 aliphatic carbocycles. The molecule has 1 aliphatic heterocycles. The number of aromatic nitrogens is 1. The molecule has 1 atom stereocenters. The molecule has 0 unspecified atom stereocenters. The van der Waals surface area contributed by atoms with Gasteiger partial charge in [0, 0.05) is 36.9 Å². The molecule has 26 heavy (non-hydrogen) atoms. The third-order valence-corrected chi connectivity index (χ3v) is 4.41. The van der Waals surface area contributed by atoms with Crippen LogP contribution in [0.2, 0.25) is 0 Å². The van der Waals surface area contributed by atoms with Gasteiger partial charge in [0.1, 0.15) is 0 Å². The van der Waals surface area contributed by atoms with Crippen molar-refractivity contribution in [3.05, 3.63) is 54.4 Å². The fourth-order valence-corrected chi connectivity index (χ4v) is 2.92. The number of hydrogen-bond donors (Lipinski definition) is 1. The van der Waals surface area contributed by atoms with E-state index in [0.29, 0.717) is 11.3 Å². The number of ether oxygens (including phenoxy) is 1. The molecule has 1 N–H and O–H groups in total. The molecule has 0 bridgehead atoms. The van der Waals surface area contributed by atoms with Gasteiger partial charge in [-0.25, -0.2) is 4.79 Å². The molecular formula is C20H23N3O3. The van der Waals surface area contributed by atoms with Gasteiger partial charge in [0.15, 0.2) is 6.10 Å². The Morgan fingerprint density at radius 2 is 1.85 bits per heavy atom. The van der Waals surface area contributed by atoms with E-state index in [0.717, 1.165) is 13.1 Å². The summed E-state index contributed by atoms with van der Waals surface area (Å²) in [6, 6.07) is 11.0. The quantitative estimate of drug-likeness (QED) is 0.836. The van der Waals surface area contributed by atoms with Crippen LogP contribution in [0.1, 0.15) is 36.5 Å². The van der Waals surface area contributed by atoms with Crippen LogP contribution in [-0.4, -0.2) is 36.1 Å². The molecule has 1 amide bonds. The van der Waals surface area contributed by atoms with Crippen molar-refractivity contribution in [2.45, 2.75) is 32.3 Å². The van der Waals surface area contributed by atoms with Crippen LogP contribution < -0.4 is 10.2 Å². The summed E-state index contributed by atoms with van der Waals surface area (Å²) < 4.78 is 5.19. The predicted octanol–water partition coefficient (Wildman–Crippen LogP) is 3.26. The van der Waals surface area contributed by atoms with Crippen LogP contribution in [0.15, 0.2) is 48.8 Å². The first kappa shape index (κ1) is 17.9. The van der Waals surface area contributed by atoms with Crippen LogP contribution in [0.3, 0.4) is 0 Å². The second-order valence-corrected chi connectivity index (χ2v) is 6.37. The summed E-state index contributed by atoms with van der Waals surface area (Å²) in [5, 5.41) is 2.78. The summed E-state index contributed by atoms with van der Waals surface area (Å²) >= 11 is 0. The Balaban J connectivity index is 1.54. The minimum Gasteiger partial charge on any atom is -0.449 e. The maximum atomic E-state index is 12.3. The van der Waals surface area contributed by atoms with E-state index in [1.807, 2.05) is 24.3 Å².